The van der Waals surface area contributed by atoms with Gasteiger partial charge in [-0.25, -0.2) is 0 Å². The van der Waals surface area contributed by atoms with Crippen molar-refractivity contribution in [2.45, 2.75) is 19.8 Å². The van der Waals surface area contributed by atoms with Crippen LogP contribution in [0, 0.1) is 6.92 Å². The minimum Gasteiger partial charge on any atom is -0.332 e. The maximum atomic E-state index is 12.0. The minimum atomic E-state index is 0.0129. The number of aldehydes is 1. The molecule has 0 bridgehead atoms. The van der Waals surface area contributed by atoms with Crippen LogP contribution >= 0.6 is 11.3 Å². The molecule has 2 heterocycles. The molecule has 15 heavy (non-hydrogen) atoms. The number of nitrogens with zero attached hydrogens (tertiary/aromatic N) is 1. The summed E-state index contributed by atoms with van der Waals surface area (Å²) in [6.07, 6.45) is 2.70. The summed E-state index contributed by atoms with van der Waals surface area (Å²) < 4.78 is 0. The van der Waals surface area contributed by atoms with Crippen molar-refractivity contribution in [2.24, 2.45) is 0 Å². The summed E-state index contributed by atoms with van der Waals surface area (Å²) in [6, 6.07) is 1.94. The molecule has 0 N–H and O–H groups in total. The van der Waals surface area contributed by atoms with E-state index in [-0.39, 0.29) is 12.5 Å². The Morgan fingerprint density at radius 3 is 3.13 bits per heavy atom. The summed E-state index contributed by atoms with van der Waals surface area (Å²) in [4.78, 5) is 26.4. The number of hydrogen-bond donors (Lipinski definition) is 0. The summed E-state index contributed by atoms with van der Waals surface area (Å²) in [6.45, 7) is 2.92. The third-order valence-corrected chi connectivity index (χ3v) is 3.69. The summed E-state index contributed by atoms with van der Waals surface area (Å²) in [5.41, 5.74) is 0.803. The minimum absolute atomic E-state index is 0.0129. The van der Waals surface area contributed by atoms with Gasteiger partial charge in [-0.1, -0.05) is 0 Å². The third kappa shape index (κ3) is 1.95. The molecule has 1 aromatic heterocycles. The lowest BCUT2D eigenvalue weighted by Gasteiger charge is -2.16. The molecule has 0 spiro atoms. The SMILES string of the molecule is Cc1cc2c(s1)CCCN(CC=O)C2=O. The van der Waals surface area contributed by atoms with Gasteiger partial charge in [0.25, 0.3) is 5.91 Å². The van der Waals surface area contributed by atoms with Crippen molar-refractivity contribution in [3.63, 3.8) is 0 Å². The smallest absolute Gasteiger partial charge is 0.255 e. The zero-order valence-corrected chi connectivity index (χ0v) is 9.47. The van der Waals surface area contributed by atoms with E-state index in [1.54, 1.807) is 16.2 Å². The molecule has 80 valence electrons. The predicted molar refractivity (Wildman–Crippen MR) is 59.3 cm³/mol. The lowest BCUT2D eigenvalue weighted by molar-refractivity contribution is -0.108. The third-order valence-electron chi connectivity index (χ3n) is 2.58. The fraction of sp³-hybridized carbons (Fsp3) is 0.455. The number of aryl methyl sites for hydroxylation is 2. The van der Waals surface area contributed by atoms with E-state index < -0.39 is 0 Å². The molecule has 0 aromatic carbocycles. The lowest BCUT2D eigenvalue weighted by atomic mass is 10.2. The van der Waals surface area contributed by atoms with E-state index in [0.717, 1.165) is 24.7 Å². The molecule has 0 unspecified atom stereocenters. The van der Waals surface area contributed by atoms with E-state index in [1.165, 1.54) is 9.75 Å². The highest BCUT2D eigenvalue weighted by Gasteiger charge is 2.23. The van der Waals surface area contributed by atoms with E-state index in [2.05, 4.69) is 0 Å². The van der Waals surface area contributed by atoms with Gasteiger partial charge in [0.1, 0.15) is 6.29 Å². The van der Waals surface area contributed by atoms with Gasteiger partial charge in [0.05, 0.1) is 12.1 Å². The van der Waals surface area contributed by atoms with Gasteiger partial charge in [-0.05, 0) is 25.8 Å². The largest absolute Gasteiger partial charge is 0.332 e. The summed E-state index contributed by atoms with van der Waals surface area (Å²) in [5.74, 6) is 0.0129. The van der Waals surface area contributed by atoms with Gasteiger partial charge in [-0.3, -0.25) is 4.79 Å². The molecule has 1 aliphatic rings. The van der Waals surface area contributed by atoms with E-state index in [0.29, 0.717) is 6.54 Å². The Balaban J connectivity index is 2.33. The lowest BCUT2D eigenvalue weighted by Crippen LogP contribution is -2.32. The molecular weight excluding hydrogens is 210 g/mol. The Labute approximate surface area is 92.7 Å². The number of carbonyl (C=O) groups excluding carboxylic acids is 2. The molecule has 2 rings (SSSR count). The Morgan fingerprint density at radius 2 is 2.40 bits per heavy atom. The first kappa shape index (κ1) is 10.4. The van der Waals surface area contributed by atoms with Crippen molar-refractivity contribution in [3.05, 3.63) is 21.4 Å². The molecule has 0 radical (unpaired) electrons. The number of amides is 1. The molecule has 1 amide bonds. The van der Waals surface area contributed by atoms with Crippen LogP contribution in [0.5, 0.6) is 0 Å². The molecule has 4 heteroatoms. The van der Waals surface area contributed by atoms with Gasteiger partial charge >= 0.3 is 0 Å². The van der Waals surface area contributed by atoms with Crippen molar-refractivity contribution in [2.75, 3.05) is 13.1 Å². The molecule has 3 nitrogen and oxygen atoms in total. The summed E-state index contributed by atoms with van der Waals surface area (Å²) >= 11 is 1.69. The van der Waals surface area contributed by atoms with Gasteiger partial charge in [0, 0.05) is 16.3 Å². The predicted octanol–water partition coefficient (Wildman–Crippen LogP) is 1.64. The number of fused-ring (bicyclic) bond motifs is 1. The molecule has 0 saturated heterocycles. The second-order valence-corrected chi connectivity index (χ2v) is 5.06. The van der Waals surface area contributed by atoms with Crippen LogP contribution in [-0.4, -0.2) is 30.2 Å². The highest BCUT2D eigenvalue weighted by Crippen LogP contribution is 2.26. The van der Waals surface area contributed by atoms with Crippen LogP contribution in [0.4, 0.5) is 0 Å². The van der Waals surface area contributed by atoms with Gasteiger partial charge in [-0.15, -0.1) is 11.3 Å². The maximum Gasteiger partial charge on any atom is 0.255 e. The van der Waals surface area contributed by atoms with Crippen molar-refractivity contribution in [3.8, 4) is 0 Å². The Morgan fingerprint density at radius 1 is 1.60 bits per heavy atom. The van der Waals surface area contributed by atoms with Crippen LogP contribution in [0.3, 0.4) is 0 Å². The van der Waals surface area contributed by atoms with E-state index in [4.69, 9.17) is 0 Å². The molecular formula is C11H13NO2S. The van der Waals surface area contributed by atoms with Crippen LogP contribution in [0.15, 0.2) is 6.07 Å². The number of thiophene rings is 1. The molecule has 0 aliphatic carbocycles. The van der Waals surface area contributed by atoms with Crippen LogP contribution in [0.2, 0.25) is 0 Å². The average Bonchev–Trinajstić information content (AvgIpc) is 2.51. The van der Waals surface area contributed by atoms with Gasteiger partial charge in [0.2, 0.25) is 0 Å². The normalized spacial score (nSPS) is 16.1. The van der Waals surface area contributed by atoms with Gasteiger partial charge < -0.3 is 9.69 Å². The van der Waals surface area contributed by atoms with Crippen LogP contribution in [0.1, 0.15) is 26.5 Å². The first-order valence-corrected chi connectivity index (χ1v) is 5.86. The second kappa shape index (κ2) is 4.14. The fourth-order valence-electron chi connectivity index (χ4n) is 1.90. The Hall–Kier alpha value is -1.16. The Kier molecular flexibility index (Phi) is 2.86. The number of carbonyl (C=O) groups is 2. The average molecular weight is 223 g/mol. The van der Waals surface area contributed by atoms with Gasteiger partial charge in [0.15, 0.2) is 0 Å². The highest BCUT2D eigenvalue weighted by atomic mass is 32.1. The van der Waals surface area contributed by atoms with Gasteiger partial charge in [-0.2, -0.15) is 0 Å². The zero-order valence-electron chi connectivity index (χ0n) is 8.66. The van der Waals surface area contributed by atoms with Crippen molar-refractivity contribution < 1.29 is 9.59 Å². The van der Waals surface area contributed by atoms with Crippen molar-refractivity contribution in [1.29, 1.82) is 0 Å². The fourth-order valence-corrected chi connectivity index (χ4v) is 2.96. The molecule has 0 fully saturated rings. The first-order valence-electron chi connectivity index (χ1n) is 5.04. The molecule has 0 atom stereocenters. The molecule has 1 aromatic rings. The maximum absolute atomic E-state index is 12.0. The van der Waals surface area contributed by atoms with Crippen LogP contribution in [-0.2, 0) is 11.2 Å². The standard InChI is InChI=1S/C11H13NO2S/c1-8-7-9-10(15-8)3-2-4-12(5-6-13)11(9)14/h6-7H,2-5H2,1H3. The van der Waals surface area contributed by atoms with Crippen LogP contribution < -0.4 is 0 Å². The van der Waals surface area contributed by atoms with Crippen molar-refractivity contribution in [1.82, 2.24) is 4.90 Å². The monoisotopic (exact) mass is 223 g/mol. The second-order valence-electron chi connectivity index (χ2n) is 3.72. The summed E-state index contributed by atoms with van der Waals surface area (Å²) in [5, 5.41) is 0. The first-order chi connectivity index (χ1) is 7.22. The van der Waals surface area contributed by atoms with E-state index >= 15 is 0 Å². The van der Waals surface area contributed by atoms with Crippen molar-refractivity contribution >= 4 is 23.5 Å². The quantitative estimate of drug-likeness (QED) is 0.715. The highest BCUT2D eigenvalue weighted by molar-refractivity contribution is 7.12. The van der Waals surface area contributed by atoms with E-state index in [9.17, 15) is 9.59 Å². The number of hydrogen-bond acceptors (Lipinski definition) is 3. The van der Waals surface area contributed by atoms with E-state index in [1.807, 2.05) is 13.0 Å². The molecule has 1 aliphatic heterocycles. The summed E-state index contributed by atoms with van der Waals surface area (Å²) in [7, 11) is 0. The Bertz CT molecular complexity index is 397. The number of rotatable bonds is 2. The molecule has 0 saturated carbocycles. The zero-order chi connectivity index (χ0) is 10.8. The topological polar surface area (TPSA) is 37.4 Å². The van der Waals surface area contributed by atoms with Crippen LogP contribution in [0.25, 0.3) is 0 Å².